The van der Waals surface area contributed by atoms with Crippen LogP contribution in [-0.4, -0.2) is 68.2 Å². The summed E-state index contributed by atoms with van der Waals surface area (Å²) in [5.74, 6) is 0.316. The largest absolute Gasteiger partial charge is 0.508 e. The predicted octanol–water partition coefficient (Wildman–Crippen LogP) is 4.07. The van der Waals surface area contributed by atoms with Gasteiger partial charge in [-0.1, -0.05) is 34.1 Å². The van der Waals surface area contributed by atoms with Gasteiger partial charge in [-0.2, -0.15) is 0 Å². The van der Waals surface area contributed by atoms with Gasteiger partial charge in [-0.05, 0) is 67.5 Å². The maximum absolute atomic E-state index is 13.8. The number of fused-ring (bicyclic) bond motifs is 5. The van der Waals surface area contributed by atoms with Gasteiger partial charge in [-0.25, -0.2) is 8.42 Å². The number of sulfone groups is 1. The summed E-state index contributed by atoms with van der Waals surface area (Å²) in [7, 11) is -1.61. The smallest absolute Gasteiger partial charge is 0.254 e. The second-order valence-electron chi connectivity index (χ2n) is 12.7. The van der Waals surface area contributed by atoms with Crippen molar-refractivity contribution in [3.63, 3.8) is 0 Å². The molecule has 6 nitrogen and oxygen atoms in total. The highest BCUT2D eigenvalue weighted by molar-refractivity contribution is 7.91. The standard InChI is InChI=1S/C27H40N2O4S/c1-25(2)8-6-9-26(3)21(25)7-10-27(4)22(26)17-34(32,33)20-16-18(15-19(30)23(20)27)24(31)29-13-11-28(5)12-14-29/h15-16,21-22,30H,6-14,17H2,1-5H3. The number of benzene rings is 1. The molecule has 0 bridgehead atoms. The number of aromatic hydroxyl groups is 1. The van der Waals surface area contributed by atoms with Crippen LogP contribution in [0.1, 0.15) is 75.7 Å². The Morgan fingerprint density at radius 2 is 1.68 bits per heavy atom. The van der Waals surface area contributed by atoms with E-state index in [2.05, 4.69) is 32.6 Å². The number of hydrogen-bond donors (Lipinski definition) is 1. The van der Waals surface area contributed by atoms with E-state index in [1.165, 1.54) is 12.5 Å². The molecule has 4 atom stereocenters. The monoisotopic (exact) mass is 488 g/mol. The molecule has 2 aliphatic heterocycles. The van der Waals surface area contributed by atoms with Crippen molar-refractivity contribution < 1.29 is 18.3 Å². The van der Waals surface area contributed by atoms with Crippen molar-refractivity contribution in [1.29, 1.82) is 0 Å². The fourth-order valence-corrected chi connectivity index (χ4v) is 10.7. The number of carbonyl (C=O) groups excluding carboxylic acids is 1. The van der Waals surface area contributed by atoms with Crippen molar-refractivity contribution in [3.05, 3.63) is 23.3 Å². The molecule has 1 N–H and O–H groups in total. The number of piperazine rings is 1. The number of hydrogen-bond acceptors (Lipinski definition) is 5. The maximum atomic E-state index is 13.8. The number of nitrogens with zero attached hydrogens (tertiary/aromatic N) is 2. The van der Waals surface area contributed by atoms with Gasteiger partial charge in [0.1, 0.15) is 5.75 Å². The number of carbonyl (C=O) groups is 1. The highest BCUT2D eigenvalue weighted by Gasteiger charge is 2.62. The lowest BCUT2D eigenvalue weighted by Crippen LogP contribution is -2.59. The van der Waals surface area contributed by atoms with E-state index in [-0.39, 0.29) is 44.6 Å². The summed E-state index contributed by atoms with van der Waals surface area (Å²) in [5, 5.41) is 11.3. The average molecular weight is 489 g/mol. The van der Waals surface area contributed by atoms with Crippen molar-refractivity contribution in [2.45, 2.75) is 70.1 Å². The predicted molar refractivity (Wildman–Crippen MR) is 133 cm³/mol. The van der Waals surface area contributed by atoms with Gasteiger partial charge >= 0.3 is 0 Å². The van der Waals surface area contributed by atoms with Crippen LogP contribution in [0.15, 0.2) is 17.0 Å². The van der Waals surface area contributed by atoms with Gasteiger partial charge in [-0.15, -0.1) is 0 Å². The molecule has 1 aromatic rings. The zero-order valence-corrected chi connectivity index (χ0v) is 22.2. The topological polar surface area (TPSA) is 77.9 Å². The minimum atomic E-state index is -3.63. The molecular formula is C27H40N2O4S. The molecule has 0 radical (unpaired) electrons. The van der Waals surface area contributed by atoms with Crippen LogP contribution in [0, 0.1) is 22.7 Å². The molecule has 2 saturated carbocycles. The Morgan fingerprint density at radius 3 is 2.35 bits per heavy atom. The number of phenolic OH excluding ortho intramolecular Hbond substituents is 1. The highest BCUT2D eigenvalue weighted by Crippen LogP contribution is 2.67. The van der Waals surface area contributed by atoms with E-state index >= 15 is 0 Å². The summed E-state index contributed by atoms with van der Waals surface area (Å²) >= 11 is 0. The SMILES string of the molecule is CN1CCN(C(=O)c2cc(O)c3c(c2)S(=O)(=O)CC2C3(C)CCC3C(C)(C)CCCC32C)CC1. The number of phenols is 1. The normalized spacial score (nSPS) is 36.8. The van der Waals surface area contributed by atoms with E-state index in [1.54, 1.807) is 11.0 Å². The number of likely N-dealkylation sites (N-methyl/N-ethyl adjacent to an activating group) is 1. The van der Waals surface area contributed by atoms with E-state index in [0.717, 1.165) is 38.8 Å². The summed E-state index contributed by atoms with van der Waals surface area (Å²) in [5.41, 5.74) is 0.532. The molecule has 3 fully saturated rings. The molecule has 5 rings (SSSR count). The van der Waals surface area contributed by atoms with Crippen LogP contribution in [0.4, 0.5) is 0 Å². The third-order valence-corrected chi connectivity index (χ3v) is 12.0. The highest BCUT2D eigenvalue weighted by atomic mass is 32.2. The molecule has 1 amide bonds. The fourth-order valence-electron chi connectivity index (χ4n) is 8.37. The summed E-state index contributed by atoms with van der Waals surface area (Å²) in [6, 6.07) is 3.09. The zero-order chi connectivity index (χ0) is 24.7. The molecule has 188 valence electrons. The summed E-state index contributed by atoms with van der Waals surface area (Å²) in [6.07, 6.45) is 5.24. The zero-order valence-electron chi connectivity index (χ0n) is 21.4. The quantitative estimate of drug-likeness (QED) is 0.645. The second kappa shape index (κ2) is 7.70. The first-order valence-corrected chi connectivity index (χ1v) is 14.5. The van der Waals surface area contributed by atoms with Crippen LogP contribution in [0.3, 0.4) is 0 Å². The molecule has 7 heteroatoms. The average Bonchev–Trinajstić information content (AvgIpc) is 2.74. The van der Waals surface area contributed by atoms with Crippen LogP contribution in [0.2, 0.25) is 0 Å². The summed E-state index contributed by atoms with van der Waals surface area (Å²) in [6.45, 7) is 11.9. The molecule has 0 spiro atoms. The number of amides is 1. The van der Waals surface area contributed by atoms with Crippen LogP contribution < -0.4 is 0 Å². The van der Waals surface area contributed by atoms with Gasteiger partial charge in [-0.3, -0.25) is 4.79 Å². The van der Waals surface area contributed by atoms with E-state index in [1.807, 2.05) is 7.05 Å². The van der Waals surface area contributed by atoms with Crippen molar-refractivity contribution >= 4 is 15.7 Å². The molecule has 0 aromatic heterocycles. The van der Waals surface area contributed by atoms with Gasteiger partial charge in [0.05, 0.1) is 10.6 Å². The lowest BCUT2D eigenvalue weighted by atomic mass is 9.43. The van der Waals surface area contributed by atoms with Crippen LogP contribution in [0.25, 0.3) is 0 Å². The molecule has 2 aliphatic carbocycles. The van der Waals surface area contributed by atoms with E-state index in [9.17, 15) is 18.3 Å². The first-order valence-electron chi connectivity index (χ1n) is 12.9. The maximum Gasteiger partial charge on any atom is 0.254 e. The Labute approximate surface area is 204 Å². The molecule has 4 unspecified atom stereocenters. The van der Waals surface area contributed by atoms with Gasteiger partial charge in [0.2, 0.25) is 0 Å². The van der Waals surface area contributed by atoms with Gasteiger partial charge < -0.3 is 14.9 Å². The Hall–Kier alpha value is -1.60. The van der Waals surface area contributed by atoms with Crippen molar-refractivity contribution in [3.8, 4) is 5.75 Å². The molecule has 2 heterocycles. The molecule has 34 heavy (non-hydrogen) atoms. The molecule has 4 aliphatic rings. The minimum Gasteiger partial charge on any atom is -0.508 e. The Morgan fingerprint density at radius 1 is 1.00 bits per heavy atom. The van der Waals surface area contributed by atoms with Gasteiger partial charge in [0.25, 0.3) is 5.91 Å². The molecular weight excluding hydrogens is 448 g/mol. The first kappa shape index (κ1) is 24.1. The van der Waals surface area contributed by atoms with E-state index < -0.39 is 15.3 Å². The minimum absolute atomic E-state index is 0.0251. The molecule has 1 saturated heterocycles. The van der Waals surface area contributed by atoms with E-state index in [4.69, 9.17) is 0 Å². The summed E-state index contributed by atoms with van der Waals surface area (Å²) < 4.78 is 27.5. The van der Waals surface area contributed by atoms with Crippen LogP contribution in [0.5, 0.6) is 5.75 Å². The Balaban J connectivity index is 1.58. The molecule has 1 aromatic carbocycles. The van der Waals surface area contributed by atoms with Crippen molar-refractivity contribution in [2.24, 2.45) is 22.7 Å². The third-order valence-electron chi connectivity index (χ3n) is 10.2. The van der Waals surface area contributed by atoms with Crippen molar-refractivity contribution in [2.75, 3.05) is 39.0 Å². The third kappa shape index (κ3) is 3.44. The van der Waals surface area contributed by atoms with E-state index in [0.29, 0.717) is 24.6 Å². The fraction of sp³-hybridized carbons (Fsp3) is 0.741. The first-order chi connectivity index (χ1) is 15.8. The summed E-state index contributed by atoms with van der Waals surface area (Å²) in [4.78, 5) is 17.3. The van der Waals surface area contributed by atoms with Gasteiger partial charge in [0.15, 0.2) is 9.84 Å². The van der Waals surface area contributed by atoms with Gasteiger partial charge in [0, 0.05) is 42.7 Å². The Kier molecular flexibility index (Phi) is 5.46. The lowest BCUT2D eigenvalue weighted by molar-refractivity contribution is -0.0984. The van der Waals surface area contributed by atoms with Crippen LogP contribution >= 0.6 is 0 Å². The second-order valence-corrected chi connectivity index (χ2v) is 14.7. The number of rotatable bonds is 1. The van der Waals surface area contributed by atoms with Crippen LogP contribution in [-0.2, 0) is 15.3 Å². The Bertz CT molecular complexity index is 1120. The lowest BCUT2D eigenvalue weighted by Gasteiger charge is -2.63. The van der Waals surface area contributed by atoms with Crippen molar-refractivity contribution in [1.82, 2.24) is 9.80 Å².